The van der Waals surface area contributed by atoms with Crippen molar-refractivity contribution in [3.05, 3.63) is 212 Å². The van der Waals surface area contributed by atoms with Crippen LogP contribution < -0.4 is 9.30 Å². The lowest BCUT2D eigenvalue weighted by Crippen LogP contribution is -2.30. The Hall–Kier alpha value is -7.50. The second-order valence-electron chi connectivity index (χ2n) is 14.5. The molecular formula is C55H44N4O. The van der Waals surface area contributed by atoms with Gasteiger partial charge in [0, 0.05) is 35.4 Å². The molecule has 0 atom stereocenters. The van der Waals surface area contributed by atoms with Gasteiger partial charge in [-0.2, -0.15) is 0 Å². The molecule has 10 rings (SSSR count). The van der Waals surface area contributed by atoms with Crippen LogP contribution in [-0.2, 0) is 0 Å². The van der Waals surface area contributed by atoms with Crippen molar-refractivity contribution in [2.24, 2.45) is 0 Å². The van der Waals surface area contributed by atoms with Gasteiger partial charge in [0.2, 0.25) is 0 Å². The van der Waals surface area contributed by atoms with Crippen LogP contribution in [0.3, 0.4) is 0 Å². The molecule has 5 heteroatoms. The average molecular weight is 787 g/mol. The lowest BCUT2D eigenvalue weighted by Gasteiger charge is -2.16. The quantitative estimate of drug-likeness (QED) is 0.0967. The fourth-order valence-electron chi connectivity index (χ4n) is 8.08. The standard InChI is InChI=1S/C55H44N4O/c1-3-39(4-2)44-30-31-56-54(35-44)59-52-29-26-43(40-16-8-5-9-17-40)34-51(52)50-28-27-47(37-53(50)59)60-46-23-14-22-45(36-46)57-32-33-58(38-57)55-48(41-18-10-6-11-19-41)24-15-25-49(55)42-20-12-7-13-21-42/h5-37,39H,3-4H2,1-2H3/i6D,7D,10D,11D,12D,13D,18D,19D,20D,21D. The number of pyridine rings is 1. The molecule has 0 amide bonds. The van der Waals surface area contributed by atoms with Crippen molar-refractivity contribution in [3.63, 3.8) is 0 Å². The monoisotopic (exact) mass is 786 g/mol. The predicted octanol–water partition coefficient (Wildman–Crippen LogP) is 13.7. The summed E-state index contributed by atoms with van der Waals surface area (Å²) in [5.74, 6) is 2.33. The molecule has 0 radical (unpaired) electrons. The number of aromatic nitrogens is 4. The van der Waals surface area contributed by atoms with Crippen LogP contribution in [0.1, 0.15) is 51.9 Å². The van der Waals surface area contributed by atoms with E-state index in [0.717, 1.165) is 51.6 Å². The molecule has 0 saturated carbocycles. The highest BCUT2D eigenvalue weighted by Crippen LogP contribution is 2.38. The third-order valence-electron chi connectivity index (χ3n) is 11.0. The highest BCUT2D eigenvalue weighted by atomic mass is 16.5. The van der Waals surface area contributed by atoms with Gasteiger partial charge in [0.05, 0.1) is 36.1 Å². The normalized spacial score (nSPS) is 13.8. The molecule has 290 valence electrons. The van der Waals surface area contributed by atoms with E-state index >= 15 is 0 Å². The van der Waals surface area contributed by atoms with E-state index in [2.05, 4.69) is 73.3 Å². The molecule has 3 aromatic heterocycles. The Kier molecular flexibility index (Phi) is 7.28. The van der Waals surface area contributed by atoms with Gasteiger partial charge in [-0.05, 0) is 112 Å². The summed E-state index contributed by atoms with van der Waals surface area (Å²) >= 11 is 0. The number of imidazole rings is 1. The van der Waals surface area contributed by atoms with Crippen molar-refractivity contribution < 1.29 is 23.0 Å². The number of fused-ring (bicyclic) bond motifs is 3. The summed E-state index contributed by atoms with van der Waals surface area (Å²) in [4.78, 5) is 4.91. The third-order valence-corrected chi connectivity index (χ3v) is 11.0. The van der Waals surface area contributed by atoms with Crippen LogP contribution in [0.15, 0.2) is 200 Å². The van der Waals surface area contributed by atoms with Crippen molar-refractivity contribution in [2.75, 3.05) is 0 Å². The van der Waals surface area contributed by atoms with Gasteiger partial charge in [-0.1, -0.05) is 135 Å². The Morgan fingerprint density at radius 1 is 0.633 bits per heavy atom. The molecule has 0 aliphatic rings. The molecule has 0 fully saturated rings. The molecule has 0 saturated heterocycles. The number of nitrogens with zero attached hydrogens (tertiary/aromatic N) is 4. The van der Waals surface area contributed by atoms with Crippen molar-refractivity contribution in [1.29, 1.82) is 0 Å². The molecule has 7 aromatic carbocycles. The van der Waals surface area contributed by atoms with E-state index < -0.39 is 60.4 Å². The van der Waals surface area contributed by atoms with Gasteiger partial charge in [0.15, 0.2) is 0 Å². The van der Waals surface area contributed by atoms with Crippen molar-refractivity contribution in [3.8, 4) is 62.1 Å². The first-order valence-electron chi connectivity index (χ1n) is 25.0. The van der Waals surface area contributed by atoms with E-state index in [1.165, 1.54) is 10.1 Å². The zero-order chi connectivity index (χ0) is 49.1. The average Bonchev–Trinajstić information content (AvgIpc) is 4.00. The number of hydrogen-bond donors (Lipinski definition) is 0. The van der Waals surface area contributed by atoms with Gasteiger partial charge < -0.3 is 4.74 Å². The third kappa shape index (κ3) is 6.94. The molecule has 0 spiro atoms. The van der Waals surface area contributed by atoms with Gasteiger partial charge in [0.25, 0.3) is 6.33 Å². The van der Waals surface area contributed by atoms with Crippen LogP contribution in [-0.4, -0.2) is 14.1 Å². The summed E-state index contributed by atoms with van der Waals surface area (Å²) in [6, 6.07) is 34.2. The van der Waals surface area contributed by atoms with E-state index in [9.17, 15) is 0 Å². The number of para-hydroxylation sites is 1. The van der Waals surface area contributed by atoms with Gasteiger partial charge in [0.1, 0.15) is 17.3 Å². The Balaban J connectivity index is 1.08. The van der Waals surface area contributed by atoms with Crippen LogP contribution in [0.5, 0.6) is 11.5 Å². The molecular weight excluding hydrogens is 733 g/mol. The van der Waals surface area contributed by atoms with E-state index in [-0.39, 0.29) is 27.9 Å². The molecule has 0 N–H and O–H groups in total. The van der Waals surface area contributed by atoms with Gasteiger partial charge in [-0.25, -0.2) is 4.98 Å². The molecule has 0 bridgehead atoms. The minimum absolute atomic E-state index is 0.124. The maximum Gasteiger partial charge on any atom is 0.268 e. The zero-order valence-electron chi connectivity index (χ0n) is 43.0. The molecule has 0 aliphatic carbocycles. The van der Waals surface area contributed by atoms with E-state index in [1.54, 1.807) is 35.2 Å². The maximum absolute atomic E-state index is 8.88. The first kappa shape index (κ1) is 27.2. The topological polar surface area (TPSA) is 35.9 Å². The maximum atomic E-state index is 8.88. The fourth-order valence-corrected chi connectivity index (χ4v) is 8.08. The Morgan fingerprint density at radius 2 is 1.35 bits per heavy atom. The van der Waals surface area contributed by atoms with Gasteiger partial charge in [-0.15, -0.1) is 0 Å². The van der Waals surface area contributed by atoms with E-state index in [1.807, 2.05) is 60.8 Å². The Bertz CT molecular complexity index is 3550. The Morgan fingerprint density at radius 3 is 2.08 bits per heavy atom. The molecule has 5 nitrogen and oxygen atoms in total. The molecule has 3 heterocycles. The lowest BCUT2D eigenvalue weighted by atomic mass is 9.95. The highest BCUT2D eigenvalue weighted by Gasteiger charge is 2.19. The number of hydrogen-bond acceptors (Lipinski definition) is 2. The van der Waals surface area contributed by atoms with Crippen LogP contribution in [0.2, 0.25) is 0 Å². The minimum Gasteiger partial charge on any atom is -0.458 e. The first-order chi connectivity index (χ1) is 33.8. The largest absolute Gasteiger partial charge is 0.458 e. The fraction of sp³-hybridized carbons (Fsp3) is 0.0909. The van der Waals surface area contributed by atoms with Crippen LogP contribution in [0, 0.1) is 6.33 Å². The van der Waals surface area contributed by atoms with E-state index in [4.69, 9.17) is 23.4 Å². The molecule has 10 aromatic rings. The van der Waals surface area contributed by atoms with Crippen LogP contribution in [0.4, 0.5) is 0 Å². The summed E-state index contributed by atoms with van der Waals surface area (Å²) in [6.07, 6.45) is 10.6. The van der Waals surface area contributed by atoms with Crippen molar-refractivity contribution >= 4 is 21.8 Å². The molecule has 60 heavy (non-hydrogen) atoms. The zero-order valence-corrected chi connectivity index (χ0v) is 33.0. The highest BCUT2D eigenvalue weighted by molar-refractivity contribution is 6.10. The Labute approximate surface area is 365 Å². The van der Waals surface area contributed by atoms with Crippen molar-refractivity contribution in [2.45, 2.75) is 32.6 Å². The predicted molar refractivity (Wildman–Crippen MR) is 244 cm³/mol. The summed E-state index contributed by atoms with van der Waals surface area (Å²) in [7, 11) is 0. The first-order valence-corrected chi connectivity index (χ1v) is 20.0. The summed E-state index contributed by atoms with van der Waals surface area (Å²) in [5.41, 5.74) is 6.31. The SMILES string of the molecule is [2H]c1c([2H])c([2H])c(-c2cccc(-c3c([2H])c([2H])c([2H])c([2H])c3[2H])c2-[n+]2[c-]n(-c3cccc(Oc4ccc5c6cc(-c7ccccc7)ccc6n(-c6cc(C(CC)CC)ccn6)c5c4)c3)cc2)c([2H])c1[2H]. The summed E-state index contributed by atoms with van der Waals surface area (Å²) in [5, 5.41) is 2.13. The second kappa shape index (κ2) is 16.0. The number of rotatable bonds is 11. The van der Waals surface area contributed by atoms with E-state index in [0.29, 0.717) is 23.1 Å². The smallest absolute Gasteiger partial charge is 0.268 e. The summed E-state index contributed by atoms with van der Waals surface area (Å²) in [6.45, 7) is 4.42. The molecule has 0 unspecified atom stereocenters. The summed E-state index contributed by atoms with van der Waals surface area (Å²) < 4.78 is 97.9. The van der Waals surface area contributed by atoms with Crippen molar-refractivity contribution in [1.82, 2.24) is 14.1 Å². The van der Waals surface area contributed by atoms with Crippen LogP contribution >= 0.6 is 0 Å². The number of ether oxygens (including phenoxy) is 1. The minimum atomic E-state index is -0.561. The number of benzene rings is 7. The van der Waals surface area contributed by atoms with Gasteiger partial charge >= 0.3 is 0 Å². The van der Waals surface area contributed by atoms with Crippen LogP contribution in [0.25, 0.3) is 72.4 Å². The molecule has 0 aliphatic heterocycles. The van der Waals surface area contributed by atoms with Gasteiger partial charge in [-0.3, -0.25) is 13.7 Å². The lowest BCUT2D eigenvalue weighted by molar-refractivity contribution is -0.598. The second-order valence-corrected chi connectivity index (χ2v) is 14.5.